The molecule has 0 unspecified atom stereocenters. The smallest absolute Gasteiger partial charge is 0.377 e. The minimum Gasteiger partial charge on any atom is -0.377 e. The largest absolute Gasteiger partial charge is 0.500 e. The van der Waals surface area contributed by atoms with Gasteiger partial charge in [0.15, 0.2) is 0 Å². The Morgan fingerprint density at radius 3 is 1.92 bits per heavy atom. The summed E-state index contributed by atoms with van der Waals surface area (Å²) >= 11 is 1.87. The van der Waals surface area contributed by atoms with Gasteiger partial charge in [0.05, 0.1) is 0 Å². The fourth-order valence-electron chi connectivity index (χ4n) is 1.14. The van der Waals surface area contributed by atoms with Crippen LogP contribution in [0.2, 0.25) is 6.04 Å². The molecule has 0 N–H and O–H groups in total. The van der Waals surface area contributed by atoms with Crippen molar-refractivity contribution < 1.29 is 13.3 Å². The van der Waals surface area contributed by atoms with Crippen molar-refractivity contribution in [1.82, 2.24) is 0 Å². The summed E-state index contributed by atoms with van der Waals surface area (Å²) in [6.07, 6.45) is 4.43. The monoisotopic (exact) mass is 224 g/mol. The van der Waals surface area contributed by atoms with Gasteiger partial charge in [-0.05, 0) is 24.9 Å². The first-order chi connectivity index (χ1) is 6.24. The lowest BCUT2D eigenvalue weighted by atomic mass is 10.4. The Morgan fingerprint density at radius 2 is 1.54 bits per heavy atom. The lowest BCUT2D eigenvalue weighted by Gasteiger charge is -2.24. The standard InChI is InChI=1S/C8H20O3SSi/c1-9-13(10-2,11-3)8-6-5-7-12-4/h5-8H2,1-4H3. The van der Waals surface area contributed by atoms with Gasteiger partial charge in [0.1, 0.15) is 0 Å². The lowest BCUT2D eigenvalue weighted by molar-refractivity contribution is 0.123. The molecule has 0 radical (unpaired) electrons. The SMILES string of the molecule is CO[Si](CCCCSC)(OC)OC. The summed E-state index contributed by atoms with van der Waals surface area (Å²) in [6, 6.07) is 0.914. The molecule has 0 fully saturated rings. The highest BCUT2D eigenvalue weighted by atomic mass is 32.2. The van der Waals surface area contributed by atoms with Crippen molar-refractivity contribution in [2.75, 3.05) is 33.3 Å². The molecule has 0 rings (SSSR count). The first kappa shape index (κ1) is 13.4. The normalized spacial score (nSPS) is 12.0. The van der Waals surface area contributed by atoms with Crippen LogP contribution in [0.25, 0.3) is 0 Å². The predicted molar refractivity (Wildman–Crippen MR) is 59.2 cm³/mol. The van der Waals surface area contributed by atoms with E-state index in [1.165, 1.54) is 12.2 Å². The molecule has 0 bridgehead atoms. The van der Waals surface area contributed by atoms with E-state index >= 15 is 0 Å². The maximum Gasteiger partial charge on any atom is 0.500 e. The molecule has 0 atom stereocenters. The van der Waals surface area contributed by atoms with Gasteiger partial charge >= 0.3 is 8.80 Å². The molecule has 0 aliphatic rings. The molecule has 0 aromatic rings. The highest BCUT2D eigenvalue weighted by Crippen LogP contribution is 2.16. The fraction of sp³-hybridized carbons (Fsp3) is 1.00. The molecule has 3 nitrogen and oxygen atoms in total. The Balaban J connectivity index is 3.68. The zero-order valence-corrected chi connectivity index (χ0v) is 10.8. The molecule has 0 aliphatic heterocycles. The summed E-state index contributed by atoms with van der Waals surface area (Å²) in [5, 5.41) is 0. The van der Waals surface area contributed by atoms with Crippen LogP contribution in [0.3, 0.4) is 0 Å². The molecular formula is C8H20O3SSi. The average molecular weight is 224 g/mol. The van der Waals surface area contributed by atoms with Gasteiger partial charge in [0.2, 0.25) is 0 Å². The van der Waals surface area contributed by atoms with Crippen LogP contribution in [0.1, 0.15) is 12.8 Å². The molecule has 0 aliphatic carbocycles. The Bertz CT molecular complexity index is 112. The van der Waals surface area contributed by atoms with Crippen molar-refractivity contribution in [3.8, 4) is 0 Å². The topological polar surface area (TPSA) is 27.7 Å². The number of hydrogen-bond acceptors (Lipinski definition) is 4. The number of thioether (sulfide) groups is 1. The van der Waals surface area contributed by atoms with Crippen molar-refractivity contribution in [2.45, 2.75) is 18.9 Å². The number of rotatable bonds is 8. The van der Waals surface area contributed by atoms with E-state index in [0.29, 0.717) is 0 Å². The van der Waals surface area contributed by atoms with Gasteiger partial charge in [-0.15, -0.1) is 0 Å². The van der Waals surface area contributed by atoms with Crippen molar-refractivity contribution in [3.05, 3.63) is 0 Å². The molecule has 13 heavy (non-hydrogen) atoms. The third-order valence-corrected chi connectivity index (χ3v) is 5.54. The molecule has 80 valence electrons. The Hall–Kier alpha value is 0.447. The molecule has 0 spiro atoms. The van der Waals surface area contributed by atoms with E-state index in [9.17, 15) is 0 Å². The first-order valence-corrected chi connectivity index (χ1v) is 7.71. The molecule has 0 saturated heterocycles. The molecular weight excluding hydrogens is 204 g/mol. The maximum absolute atomic E-state index is 5.30. The van der Waals surface area contributed by atoms with E-state index in [2.05, 4.69) is 6.26 Å². The summed E-state index contributed by atoms with van der Waals surface area (Å²) in [5.41, 5.74) is 0. The van der Waals surface area contributed by atoms with E-state index < -0.39 is 8.80 Å². The summed E-state index contributed by atoms with van der Waals surface area (Å²) < 4.78 is 15.9. The van der Waals surface area contributed by atoms with Gasteiger partial charge in [0.25, 0.3) is 0 Å². The van der Waals surface area contributed by atoms with E-state index in [0.717, 1.165) is 12.5 Å². The van der Waals surface area contributed by atoms with Crippen LogP contribution >= 0.6 is 11.8 Å². The van der Waals surface area contributed by atoms with Crippen LogP contribution in [0, 0.1) is 0 Å². The van der Waals surface area contributed by atoms with Crippen LogP contribution in [0.15, 0.2) is 0 Å². The van der Waals surface area contributed by atoms with Crippen LogP contribution < -0.4 is 0 Å². The zero-order valence-electron chi connectivity index (χ0n) is 8.96. The third kappa shape index (κ3) is 5.02. The molecule has 0 amide bonds. The Kier molecular flexibility index (Phi) is 8.08. The van der Waals surface area contributed by atoms with Gasteiger partial charge in [-0.1, -0.05) is 0 Å². The second-order valence-electron chi connectivity index (χ2n) is 2.75. The summed E-state index contributed by atoms with van der Waals surface area (Å²) in [4.78, 5) is 0. The second kappa shape index (κ2) is 7.81. The zero-order chi connectivity index (χ0) is 10.2. The highest BCUT2D eigenvalue weighted by molar-refractivity contribution is 7.98. The van der Waals surface area contributed by atoms with Gasteiger partial charge in [-0.2, -0.15) is 11.8 Å². The van der Waals surface area contributed by atoms with Gasteiger partial charge in [-0.3, -0.25) is 0 Å². The second-order valence-corrected chi connectivity index (χ2v) is 6.82. The van der Waals surface area contributed by atoms with E-state index in [1.807, 2.05) is 11.8 Å². The summed E-state index contributed by atoms with van der Waals surface area (Å²) in [5.74, 6) is 1.20. The summed E-state index contributed by atoms with van der Waals surface area (Å²) in [6.45, 7) is 0. The van der Waals surface area contributed by atoms with Crippen LogP contribution in [0.5, 0.6) is 0 Å². The van der Waals surface area contributed by atoms with Crippen LogP contribution in [0.4, 0.5) is 0 Å². The molecule has 0 aromatic carbocycles. The predicted octanol–water partition coefficient (Wildman–Crippen LogP) is 2.01. The molecule has 0 saturated carbocycles. The number of unbranched alkanes of at least 4 members (excludes halogenated alkanes) is 1. The Morgan fingerprint density at radius 1 is 1.00 bits per heavy atom. The first-order valence-electron chi connectivity index (χ1n) is 4.39. The van der Waals surface area contributed by atoms with Crippen LogP contribution in [-0.2, 0) is 13.3 Å². The Labute approximate surface area is 86.5 Å². The number of hydrogen-bond donors (Lipinski definition) is 0. The fourth-order valence-corrected chi connectivity index (χ4v) is 3.43. The van der Waals surface area contributed by atoms with Crippen molar-refractivity contribution >= 4 is 20.6 Å². The highest BCUT2D eigenvalue weighted by Gasteiger charge is 2.36. The van der Waals surface area contributed by atoms with Crippen molar-refractivity contribution in [3.63, 3.8) is 0 Å². The molecule has 5 heteroatoms. The maximum atomic E-state index is 5.30. The van der Waals surface area contributed by atoms with Gasteiger partial charge in [0, 0.05) is 27.4 Å². The van der Waals surface area contributed by atoms with E-state index in [1.54, 1.807) is 21.3 Å². The van der Waals surface area contributed by atoms with Gasteiger partial charge < -0.3 is 13.3 Å². The van der Waals surface area contributed by atoms with Crippen LogP contribution in [-0.4, -0.2) is 42.1 Å². The molecule has 0 heterocycles. The van der Waals surface area contributed by atoms with Crippen molar-refractivity contribution in [2.24, 2.45) is 0 Å². The quantitative estimate of drug-likeness (QED) is 0.466. The van der Waals surface area contributed by atoms with Crippen molar-refractivity contribution in [1.29, 1.82) is 0 Å². The minimum absolute atomic E-state index is 0.914. The van der Waals surface area contributed by atoms with Gasteiger partial charge in [-0.25, -0.2) is 0 Å². The minimum atomic E-state index is -2.28. The lowest BCUT2D eigenvalue weighted by Crippen LogP contribution is -2.42. The average Bonchev–Trinajstić information content (AvgIpc) is 2.20. The summed E-state index contributed by atoms with van der Waals surface area (Å²) in [7, 11) is 2.70. The van der Waals surface area contributed by atoms with E-state index in [-0.39, 0.29) is 0 Å². The molecule has 0 aromatic heterocycles. The third-order valence-electron chi connectivity index (χ3n) is 2.01. The van der Waals surface area contributed by atoms with E-state index in [4.69, 9.17) is 13.3 Å².